The van der Waals surface area contributed by atoms with E-state index in [1.54, 1.807) is 0 Å². The van der Waals surface area contributed by atoms with Crippen molar-refractivity contribution in [3.05, 3.63) is 12.2 Å². The average Bonchev–Trinajstić information content (AvgIpc) is 2.70. The predicted molar refractivity (Wildman–Crippen MR) is 60.2 cm³/mol. The number of aliphatic hydroxyl groups is 1. The topological polar surface area (TPSA) is 55.8 Å². The third kappa shape index (κ3) is 1.03. The van der Waals surface area contributed by atoms with Crippen molar-refractivity contribution in [2.24, 2.45) is 17.3 Å². The normalized spacial score (nSPS) is 46.3. The van der Waals surface area contributed by atoms with Crippen molar-refractivity contribution in [1.82, 2.24) is 0 Å². The van der Waals surface area contributed by atoms with Crippen LogP contribution in [0.3, 0.4) is 0 Å². The summed E-state index contributed by atoms with van der Waals surface area (Å²) in [6, 6.07) is 0. The Morgan fingerprint density at radius 1 is 1.35 bits per heavy atom. The summed E-state index contributed by atoms with van der Waals surface area (Å²) in [5.74, 6) is -1.16. The van der Waals surface area contributed by atoms with E-state index in [-0.39, 0.29) is 17.6 Å². The van der Waals surface area contributed by atoms with Crippen LogP contribution in [0.1, 0.15) is 19.3 Å². The number of allylic oxidation sites excluding steroid dienone is 1. The first-order valence-corrected chi connectivity index (χ1v) is 6.14. The van der Waals surface area contributed by atoms with Crippen molar-refractivity contribution in [2.75, 3.05) is 14.2 Å². The maximum absolute atomic E-state index is 12.4. The van der Waals surface area contributed by atoms with Crippen molar-refractivity contribution in [1.29, 1.82) is 0 Å². The molecule has 4 nitrogen and oxygen atoms in total. The molecule has 0 amide bonds. The first-order valence-electron chi connectivity index (χ1n) is 6.14. The van der Waals surface area contributed by atoms with E-state index in [9.17, 15) is 9.90 Å². The second kappa shape index (κ2) is 3.40. The molecule has 0 saturated heterocycles. The number of rotatable bonds is 2. The summed E-state index contributed by atoms with van der Waals surface area (Å²) in [7, 11) is 2.99. The van der Waals surface area contributed by atoms with Crippen molar-refractivity contribution in [2.45, 2.75) is 31.2 Å². The fourth-order valence-electron chi connectivity index (χ4n) is 4.22. The number of ether oxygens (including phenoxy) is 2. The van der Waals surface area contributed by atoms with Crippen molar-refractivity contribution in [3.63, 3.8) is 0 Å². The van der Waals surface area contributed by atoms with Crippen LogP contribution in [0.15, 0.2) is 12.2 Å². The Morgan fingerprint density at radius 3 is 2.71 bits per heavy atom. The van der Waals surface area contributed by atoms with Crippen LogP contribution in [0, 0.1) is 17.3 Å². The van der Waals surface area contributed by atoms with Crippen LogP contribution in [0.5, 0.6) is 0 Å². The molecule has 0 aromatic heterocycles. The van der Waals surface area contributed by atoms with E-state index >= 15 is 0 Å². The van der Waals surface area contributed by atoms with E-state index in [2.05, 4.69) is 0 Å². The number of Topliss-reactive ketones (excluding diaryl/α,β-unsaturated/α-hetero) is 1. The monoisotopic (exact) mass is 238 g/mol. The third-order valence-electron chi connectivity index (χ3n) is 4.96. The summed E-state index contributed by atoms with van der Waals surface area (Å²) in [6.45, 7) is 0. The number of carbonyl (C=O) groups excluding carboxylic acids is 1. The van der Waals surface area contributed by atoms with Crippen LogP contribution >= 0.6 is 0 Å². The zero-order valence-electron chi connectivity index (χ0n) is 10.2. The first kappa shape index (κ1) is 11.4. The minimum absolute atomic E-state index is 0.0396. The van der Waals surface area contributed by atoms with Gasteiger partial charge in [0.1, 0.15) is 0 Å². The van der Waals surface area contributed by atoms with Crippen LogP contribution in [0.4, 0.5) is 0 Å². The lowest BCUT2D eigenvalue weighted by Gasteiger charge is -2.55. The summed E-state index contributed by atoms with van der Waals surface area (Å²) >= 11 is 0. The van der Waals surface area contributed by atoms with Gasteiger partial charge in [-0.3, -0.25) is 4.79 Å². The van der Waals surface area contributed by atoms with Crippen molar-refractivity contribution >= 4 is 5.78 Å². The summed E-state index contributed by atoms with van der Waals surface area (Å²) in [5, 5.41) is 10.4. The first-order chi connectivity index (χ1) is 8.12. The van der Waals surface area contributed by atoms with E-state index in [0.717, 1.165) is 12.8 Å². The number of hydrogen-bond acceptors (Lipinski definition) is 4. The molecule has 0 aromatic carbocycles. The second-order valence-electron chi connectivity index (χ2n) is 5.31. The van der Waals surface area contributed by atoms with E-state index in [1.165, 1.54) is 14.2 Å². The Bertz CT molecular complexity index is 385. The summed E-state index contributed by atoms with van der Waals surface area (Å²) < 4.78 is 10.9. The SMILES string of the molecule is COC1(OC)C(=O)C2C=CC13[C@@H](CC[C@H]3O)C2. The summed E-state index contributed by atoms with van der Waals surface area (Å²) in [6.07, 6.45) is 5.80. The van der Waals surface area contributed by atoms with Gasteiger partial charge in [0.15, 0.2) is 5.78 Å². The van der Waals surface area contributed by atoms with Gasteiger partial charge in [0.2, 0.25) is 5.79 Å². The third-order valence-corrected chi connectivity index (χ3v) is 4.96. The number of carbonyl (C=O) groups is 1. The molecule has 4 atom stereocenters. The van der Waals surface area contributed by atoms with Crippen molar-refractivity contribution < 1.29 is 19.4 Å². The number of hydrogen-bond donors (Lipinski definition) is 1. The Hall–Kier alpha value is -0.710. The van der Waals surface area contributed by atoms with Crippen LogP contribution in [0.2, 0.25) is 0 Å². The lowest BCUT2D eigenvalue weighted by Crippen LogP contribution is -2.68. The highest BCUT2D eigenvalue weighted by Gasteiger charge is 2.71. The van der Waals surface area contributed by atoms with E-state index in [4.69, 9.17) is 9.47 Å². The molecule has 0 heterocycles. The summed E-state index contributed by atoms with van der Waals surface area (Å²) in [5.41, 5.74) is -0.678. The fraction of sp³-hybridized carbons (Fsp3) is 0.769. The zero-order chi connectivity index (χ0) is 12.3. The van der Waals surface area contributed by atoms with Crippen LogP contribution < -0.4 is 0 Å². The quantitative estimate of drug-likeness (QED) is 0.573. The highest BCUT2D eigenvalue weighted by atomic mass is 16.7. The maximum Gasteiger partial charge on any atom is 0.241 e. The van der Waals surface area contributed by atoms with E-state index in [0.29, 0.717) is 6.42 Å². The zero-order valence-corrected chi connectivity index (χ0v) is 10.2. The number of ketones is 1. The summed E-state index contributed by atoms with van der Waals surface area (Å²) in [4.78, 5) is 12.4. The molecule has 94 valence electrons. The minimum atomic E-state index is -1.29. The lowest BCUT2D eigenvalue weighted by molar-refractivity contribution is -0.284. The van der Waals surface area contributed by atoms with Gasteiger partial charge in [0.05, 0.1) is 11.5 Å². The van der Waals surface area contributed by atoms with Crippen LogP contribution in [-0.4, -0.2) is 37.0 Å². The standard InChI is InChI=1S/C13H18O4/c1-16-13(17-2)11(15)8-5-6-12(13)9(7-8)3-4-10(12)14/h5-6,8-10,14H,3-4,7H2,1-2H3/t8?,9-,10+,12?/m0/s1. The molecular formula is C13H18O4. The Morgan fingerprint density at radius 2 is 2.06 bits per heavy atom. The molecule has 2 fully saturated rings. The van der Waals surface area contributed by atoms with Gasteiger partial charge in [-0.05, 0) is 25.2 Å². The van der Waals surface area contributed by atoms with Gasteiger partial charge in [0, 0.05) is 20.1 Å². The molecular weight excluding hydrogens is 220 g/mol. The van der Waals surface area contributed by atoms with Gasteiger partial charge in [0.25, 0.3) is 0 Å². The highest BCUT2D eigenvalue weighted by Crippen LogP contribution is 2.62. The van der Waals surface area contributed by atoms with E-state index < -0.39 is 17.3 Å². The lowest BCUT2D eigenvalue weighted by atomic mass is 9.55. The van der Waals surface area contributed by atoms with Crippen LogP contribution in [-0.2, 0) is 14.3 Å². The molecule has 0 radical (unpaired) electrons. The van der Waals surface area contributed by atoms with Crippen molar-refractivity contribution in [3.8, 4) is 0 Å². The Kier molecular flexibility index (Phi) is 2.28. The van der Waals surface area contributed by atoms with Gasteiger partial charge in [-0.15, -0.1) is 0 Å². The largest absolute Gasteiger partial charge is 0.392 e. The van der Waals surface area contributed by atoms with E-state index in [1.807, 2.05) is 12.2 Å². The molecule has 4 rings (SSSR count). The molecule has 0 aliphatic heterocycles. The number of aliphatic hydroxyl groups excluding tert-OH is 1. The average molecular weight is 238 g/mol. The van der Waals surface area contributed by atoms with Gasteiger partial charge in [-0.2, -0.15) is 0 Å². The second-order valence-corrected chi connectivity index (χ2v) is 5.31. The predicted octanol–water partition coefficient (Wildman–Crippen LogP) is 0.892. The fourth-order valence-corrected chi connectivity index (χ4v) is 4.22. The minimum Gasteiger partial charge on any atom is -0.392 e. The molecule has 2 unspecified atom stereocenters. The Balaban J connectivity index is 2.21. The van der Waals surface area contributed by atoms with Gasteiger partial charge in [-0.1, -0.05) is 12.2 Å². The molecule has 2 saturated carbocycles. The molecule has 2 bridgehead atoms. The molecule has 4 heteroatoms. The molecule has 0 aromatic rings. The highest BCUT2D eigenvalue weighted by molar-refractivity contribution is 5.93. The molecule has 1 spiro atoms. The van der Waals surface area contributed by atoms with Gasteiger partial charge >= 0.3 is 0 Å². The smallest absolute Gasteiger partial charge is 0.241 e. The molecule has 4 aliphatic carbocycles. The molecule has 17 heavy (non-hydrogen) atoms. The molecule has 4 aliphatic rings. The van der Waals surface area contributed by atoms with Gasteiger partial charge < -0.3 is 14.6 Å². The number of methoxy groups -OCH3 is 2. The molecule has 1 N–H and O–H groups in total. The number of fused-ring (bicyclic) bond motifs is 1. The van der Waals surface area contributed by atoms with Gasteiger partial charge in [-0.25, -0.2) is 0 Å². The van der Waals surface area contributed by atoms with Crippen LogP contribution in [0.25, 0.3) is 0 Å². The Labute approximate surface area is 101 Å². The maximum atomic E-state index is 12.4.